The van der Waals surface area contributed by atoms with Gasteiger partial charge >= 0.3 is 18.1 Å². The summed E-state index contributed by atoms with van der Waals surface area (Å²) in [6.07, 6.45) is 2.51. The monoisotopic (exact) mass is 646 g/mol. The van der Waals surface area contributed by atoms with E-state index in [1.54, 1.807) is 36.0 Å². The molecular formula is C33H43F5O5S. The SMILES string of the molecule is CSC1(c2ccc(O)cc2)COc2cc(O)ccc2C1CCCCCCCCC(CCCCCC(F)(F)C(F)(F)F)C(=O)O. The van der Waals surface area contributed by atoms with Crippen LogP contribution in [0.2, 0.25) is 0 Å². The highest BCUT2D eigenvalue weighted by atomic mass is 32.2. The summed E-state index contributed by atoms with van der Waals surface area (Å²) in [5.74, 6) is -5.12. The fourth-order valence-corrected chi connectivity index (χ4v) is 7.18. The summed E-state index contributed by atoms with van der Waals surface area (Å²) in [4.78, 5) is 11.6. The summed E-state index contributed by atoms with van der Waals surface area (Å²) >= 11 is 1.72. The Balaban J connectivity index is 1.43. The molecule has 3 atom stereocenters. The molecule has 2 aromatic rings. The number of aromatic hydroxyl groups is 2. The molecule has 0 saturated carbocycles. The normalized spacial score (nSPS) is 19.3. The van der Waals surface area contributed by atoms with Crippen LogP contribution in [0.15, 0.2) is 42.5 Å². The first-order valence-corrected chi connectivity index (χ1v) is 16.5. The topological polar surface area (TPSA) is 87.0 Å². The molecule has 11 heteroatoms. The number of halogens is 5. The van der Waals surface area contributed by atoms with E-state index in [9.17, 15) is 42.1 Å². The van der Waals surface area contributed by atoms with E-state index < -0.39 is 30.4 Å². The maximum Gasteiger partial charge on any atom is 0.453 e. The average Bonchev–Trinajstić information content (AvgIpc) is 2.96. The number of aliphatic carboxylic acids is 1. The molecule has 0 aliphatic carbocycles. The Morgan fingerprint density at radius 2 is 1.45 bits per heavy atom. The molecular weight excluding hydrogens is 603 g/mol. The Labute approximate surface area is 260 Å². The third-order valence-corrected chi connectivity index (χ3v) is 10.1. The number of fused-ring (bicyclic) bond motifs is 1. The van der Waals surface area contributed by atoms with E-state index in [-0.39, 0.29) is 41.4 Å². The van der Waals surface area contributed by atoms with Gasteiger partial charge in [-0.2, -0.15) is 22.0 Å². The zero-order valence-corrected chi connectivity index (χ0v) is 25.9. The fraction of sp³-hybridized carbons (Fsp3) is 0.606. The van der Waals surface area contributed by atoms with Gasteiger partial charge in [-0.15, -0.1) is 11.8 Å². The van der Waals surface area contributed by atoms with E-state index in [0.717, 1.165) is 56.1 Å². The van der Waals surface area contributed by atoms with Crippen molar-refractivity contribution in [3.05, 3.63) is 53.6 Å². The van der Waals surface area contributed by atoms with Crippen LogP contribution < -0.4 is 4.74 Å². The van der Waals surface area contributed by atoms with Crippen molar-refractivity contribution in [1.29, 1.82) is 0 Å². The minimum absolute atomic E-state index is 0.127. The van der Waals surface area contributed by atoms with Crippen LogP contribution in [0.3, 0.4) is 0 Å². The summed E-state index contributed by atoms with van der Waals surface area (Å²) in [5.41, 5.74) is 2.11. The lowest BCUT2D eigenvalue weighted by molar-refractivity contribution is -0.284. The number of carboxylic acids is 1. The van der Waals surface area contributed by atoms with Crippen LogP contribution in [0.5, 0.6) is 17.2 Å². The predicted octanol–water partition coefficient (Wildman–Crippen LogP) is 9.80. The molecule has 0 bridgehead atoms. The molecule has 246 valence electrons. The molecule has 0 aromatic heterocycles. The lowest BCUT2D eigenvalue weighted by Crippen LogP contribution is -2.40. The number of carbonyl (C=O) groups is 1. The highest BCUT2D eigenvalue weighted by molar-refractivity contribution is 7.99. The van der Waals surface area contributed by atoms with Gasteiger partial charge in [0.2, 0.25) is 0 Å². The summed E-state index contributed by atoms with van der Waals surface area (Å²) in [7, 11) is 0. The maximum absolute atomic E-state index is 13.0. The minimum Gasteiger partial charge on any atom is -0.508 e. The molecule has 3 unspecified atom stereocenters. The fourth-order valence-electron chi connectivity index (χ4n) is 6.10. The second-order valence-corrected chi connectivity index (χ2v) is 12.9. The Morgan fingerprint density at radius 1 is 0.886 bits per heavy atom. The summed E-state index contributed by atoms with van der Waals surface area (Å²) < 4.78 is 68.6. The molecule has 0 fully saturated rings. The first-order chi connectivity index (χ1) is 20.8. The highest BCUT2D eigenvalue weighted by Crippen LogP contribution is 2.55. The Hall–Kier alpha value is -2.69. The number of benzene rings is 2. The number of phenolic OH excluding ortho intramolecular Hbond substituents is 2. The van der Waals surface area contributed by atoms with Gasteiger partial charge < -0.3 is 20.1 Å². The number of thioether (sulfide) groups is 1. The molecule has 0 amide bonds. The highest BCUT2D eigenvalue weighted by Gasteiger charge is 2.56. The second kappa shape index (κ2) is 16.0. The summed E-state index contributed by atoms with van der Waals surface area (Å²) in [5, 5.41) is 29.3. The second-order valence-electron chi connectivity index (χ2n) is 11.7. The van der Waals surface area contributed by atoms with Crippen molar-refractivity contribution in [2.45, 2.75) is 106 Å². The molecule has 1 aliphatic rings. The Bertz CT molecular complexity index is 1190. The van der Waals surface area contributed by atoms with Crippen LogP contribution >= 0.6 is 11.8 Å². The van der Waals surface area contributed by atoms with E-state index in [1.807, 2.05) is 18.2 Å². The molecule has 3 rings (SSSR count). The summed E-state index contributed by atoms with van der Waals surface area (Å²) in [6.45, 7) is 0.435. The molecule has 44 heavy (non-hydrogen) atoms. The van der Waals surface area contributed by atoms with Gasteiger partial charge in [0.1, 0.15) is 23.9 Å². The van der Waals surface area contributed by atoms with Gasteiger partial charge in [-0.3, -0.25) is 4.79 Å². The molecule has 1 aliphatic heterocycles. The van der Waals surface area contributed by atoms with Crippen LogP contribution in [0.25, 0.3) is 0 Å². The first-order valence-electron chi connectivity index (χ1n) is 15.3. The molecule has 0 saturated heterocycles. The predicted molar refractivity (Wildman–Crippen MR) is 162 cm³/mol. The largest absolute Gasteiger partial charge is 0.508 e. The van der Waals surface area contributed by atoms with Crippen LogP contribution in [-0.4, -0.2) is 46.3 Å². The van der Waals surface area contributed by atoms with Gasteiger partial charge in [0, 0.05) is 18.4 Å². The number of hydrogen-bond donors (Lipinski definition) is 3. The van der Waals surface area contributed by atoms with Gasteiger partial charge in [-0.05, 0) is 61.3 Å². The summed E-state index contributed by atoms with van der Waals surface area (Å²) in [6, 6.07) is 12.5. The van der Waals surface area contributed by atoms with Gasteiger partial charge in [-0.1, -0.05) is 69.6 Å². The van der Waals surface area contributed by atoms with Crippen molar-refractivity contribution >= 4 is 17.7 Å². The van der Waals surface area contributed by atoms with Gasteiger partial charge in [0.05, 0.1) is 10.7 Å². The van der Waals surface area contributed by atoms with E-state index >= 15 is 0 Å². The third-order valence-electron chi connectivity index (χ3n) is 8.70. The Kier molecular flexibility index (Phi) is 13.0. The molecule has 5 nitrogen and oxygen atoms in total. The van der Waals surface area contributed by atoms with Crippen molar-refractivity contribution in [1.82, 2.24) is 0 Å². The Morgan fingerprint density at radius 3 is 2.05 bits per heavy atom. The molecule has 3 N–H and O–H groups in total. The van der Waals surface area contributed by atoms with E-state index in [1.165, 1.54) is 0 Å². The van der Waals surface area contributed by atoms with Gasteiger partial charge in [0.25, 0.3) is 0 Å². The lowest BCUT2D eigenvalue weighted by atomic mass is 9.76. The van der Waals surface area contributed by atoms with E-state index in [0.29, 0.717) is 25.2 Å². The maximum atomic E-state index is 13.0. The van der Waals surface area contributed by atoms with E-state index in [2.05, 4.69) is 6.26 Å². The molecule has 2 aromatic carbocycles. The average molecular weight is 647 g/mol. The molecule has 0 radical (unpaired) electrons. The smallest absolute Gasteiger partial charge is 0.453 e. The quantitative estimate of drug-likeness (QED) is 0.110. The van der Waals surface area contributed by atoms with Crippen LogP contribution in [0.1, 0.15) is 101 Å². The number of phenols is 2. The number of alkyl halides is 5. The lowest BCUT2D eigenvalue weighted by Gasteiger charge is -2.44. The standard InChI is InChI=1S/C33H43F5O5S/c1-44-31(24-14-16-25(39)17-15-24)22-43-29-21-26(40)18-19-27(29)28(31)13-9-5-3-2-4-7-11-23(30(41)42)12-8-6-10-20-32(34,35)33(36,37)38/h14-19,21,23,28,39-40H,2-13,20,22H2,1H3,(H,41,42). The van der Waals surface area contributed by atoms with Crippen molar-refractivity contribution in [3.8, 4) is 17.2 Å². The zero-order valence-electron chi connectivity index (χ0n) is 25.1. The van der Waals surface area contributed by atoms with Crippen LogP contribution in [-0.2, 0) is 9.54 Å². The number of rotatable bonds is 18. The number of unbranched alkanes of at least 4 members (excludes halogenated alkanes) is 7. The van der Waals surface area contributed by atoms with Crippen molar-refractivity contribution in [3.63, 3.8) is 0 Å². The number of ether oxygens (including phenoxy) is 1. The number of carboxylic acid groups (broad SMARTS) is 1. The van der Waals surface area contributed by atoms with E-state index in [4.69, 9.17) is 4.74 Å². The van der Waals surface area contributed by atoms with Gasteiger partial charge in [-0.25, -0.2) is 0 Å². The van der Waals surface area contributed by atoms with Crippen molar-refractivity contribution in [2.24, 2.45) is 5.92 Å². The third kappa shape index (κ3) is 9.41. The zero-order chi connectivity index (χ0) is 32.4. The number of hydrogen-bond acceptors (Lipinski definition) is 5. The van der Waals surface area contributed by atoms with Crippen molar-refractivity contribution in [2.75, 3.05) is 12.9 Å². The van der Waals surface area contributed by atoms with Gasteiger partial charge in [0.15, 0.2) is 0 Å². The minimum atomic E-state index is -5.55. The van der Waals surface area contributed by atoms with Crippen LogP contribution in [0, 0.1) is 5.92 Å². The first kappa shape index (κ1) is 35.8. The molecule has 1 heterocycles. The van der Waals surface area contributed by atoms with Crippen LogP contribution in [0.4, 0.5) is 22.0 Å². The van der Waals surface area contributed by atoms with Crippen molar-refractivity contribution < 1.29 is 46.8 Å². The molecule has 0 spiro atoms.